The Hall–Kier alpha value is -2.70. The molecule has 0 bridgehead atoms. The lowest BCUT2D eigenvalue weighted by molar-refractivity contribution is 0.163. The van der Waals surface area contributed by atoms with Gasteiger partial charge in [0, 0.05) is 45.4 Å². The Balaban J connectivity index is 1.46. The van der Waals surface area contributed by atoms with E-state index in [0.29, 0.717) is 5.88 Å². The van der Waals surface area contributed by atoms with Gasteiger partial charge in [-0.1, -0.05) is 0 Å². The van der Waals surface area contributed by atoms with Crippen LogP contribution in [-0.4, -0.2) is 43.7 Å². The summed E-state index contributed by atoms with van der Waals surface area (Å²) in [6.45, 7) is 3.73. The molecule has 1 aliphatic rings. The smallest absolute Gasteiger partial charge is 0.232 e. The van der Waals surface area contributed by atoms with Crippen LogP contribution in [0.25, 0.3) is 11.0 Å². The van der Waals surface area contributed by atoms with Gasteiger partial charge >= 0.3 is 0 Å². The van der Waals surface area contributed by atoms with Gasteiger partial charge in [0.25, 0.3) is 0 Å². The topological polar surface area (TPSA) is 69.0 Å². The van der Waals surface area contributed by atoms with Gasteiger partial charge in [0.15, 0.2) is 0 Å². The van der Waals surface area contributed by atoms with Crippen molar-refractivity contribution < 1.29 is 4.74 Å². The Bertz CT molecular complexity index is 853. The second kappa shape index (κ2) is 6.07. The molecule has 1 fully saturated rings. The molecular weight excluding hydrogens is 304 g/mol. The Labute approximate surface area is 140 Å². The second-order valence-electron chi connectivity index (χ2n) is 6.16. The summed E-state index contributed by atoms with van der Waals surface area (Å²) in [4.78, 5) is 19.7. The van der Waals surface area contributed by atoms with Crippen LogP contribution < -0.4 is 9.64 Å². The second-order valence-corrected chi connectivity index (χ2v) is 6.16. The van der Waals surface area contributed by atoms with Crippen LogP contribution in [0.15, 0.2) is 31.0 Å². The molecule has 4 heterocycles. The van der Waals surface area contributed by atoms with Crippen molar-refractivity contribution in [1.82, 2.24) is 24.5 Å². The predicted octanol–water partition coefficient (Wildman–Crippen LogP) is 2.11. The molecule has 0 unspecified atom stereocenters. The molecule has 0 aromatic carbocycles. The van der Waals surface area contributed by atoms with E-state index >= 15 is 0 Å². The van der Waals surface area contributed by atoms with Gasteiger partial charge in [-0.05, 0) is 13.0 Å². The van der Waals surface area contributed by atoms with E-state index < -0.39 is 0 Å². The molecule has 0 saturated carbocycles. The normalized spacial score (nSPS) is 15.8. The molecule has 4 rings (SSSR count). The van der Waals surface area contributed by atoms with Crippen molar-refractivity contribution in [2.75, 3.05) is 18.0 Å². The van der Waals surface area contributed by atoms with Gasteiger partial charge in [0.2, 0.25) is 5.88 Å². The minimum atomic E-state index is 0.172. The SMILES string of the molecule is Cc1cncc(OC2CCN(c3ncnc4c3ccn4C)CC2)n1. The molecule has 0 amide bonds. The summed E-state index contributed by atoms with van der Waals surface area (Å²) in [5.41, 5.74) is 1.84. The number of anilines is 1. The third kappa shape index (κ3) is 2.77. The molecule has 7 nitrogen and oxygen atoms in total. The van der Waals surface area contributed by atoms with Crippen molar-refractivity contribution in [3.63, 3.8) is 0 Å². The highest BCUT2D eigenvalue weighted by Gasteiger charge is 2.23. The number of fused-ring (bicyclic) bond motifs is 1. The number of piperidine rings is 1. The number of nitrogens with zero attached hydrogens (tertiary/aromatic N) is 6. The Morgan fingerprint density at radius 2 is 2.00 bits per heavy atom. The van der Waals surface area contributed by atoms with Gasteiger partial charge in [-0.2, -0.15) is 0 Å². The minimum Gasteiger partial charge on any atom is -0.473 e. The Morgan fingerprint density at radius 1 is 1.17 bits per heavy atom. The van der Waals surface area contributed by atoms with E-state index in [1.54, 1.807) is 18.7 Å². The summed E-state index contributed by atoms with van der Waals surface area (Å²) >= 11 is 0. The molecular formula is C17H20N6O. The number of hydrogen-bond donors (Lipinski definition) is 0. The standard InChI is InChI=1S/C17H20N6O/c1-12-9-18-10-15(21-12)24-13-3-7-23(8-4-13)17-14-5-6-22(2)16(14)19-11-20-17/h5-6,9-11,13H,3-4,7-8H2,1-2H3. The van der Waals surface area contributed by atoms with Crippen molar-refractivity contribution in [2.45, 2.75) is 25.9 Å². The first-order chi connectivity index (χ1) is 11.7. The monoisotopic (exact) mass is 324 g/mol. The summed E-state index contributed by atoms with van der Waals surface area (Å²) in [6.07, 6.45) is 9.12. The fourth-order valence-corrected chi connectivity index (χ4v) is 3.17. The number of aromatic nitrogens is 5. The molecule has 1 saturated heterocycles. The first kappa shape index (κ1) is 14.9. The fraction of sp³-hybridized carbons (Fsp3) is 0.412. The van der Waals surface area contributed by atoms with Crippen molar-refractivity contribution in [2.24, 2.45) is 7.05 Å². The van der Waals surface area contributed by atoms with Gasteiger partial charge in [0.1, 0.15) is 23.9 Å². The summed E-state index contributed by atoms with van der Waals surface area (Å²) in [5.74, 6) is 1.62. The van der Waals surface area contributed by atoms with Crippen LogP contribution in [0.4, 0.5) is 5.82 Å². The highest BCUT2D eigenvalue weighted by atomic mass is 16.5. The maximum absolute atomic E-state index is 5.97. The molecule has 124 valence electrons. The highest BCUT2D eigenvalue weighted by molar-refractivity contribution is 5.87. The molecule has 0 spiro atoms. The Morgan fingerprint density at radius 3 is 2.79 bits per heavy atom. The van der Waals surface area contributed by atoms with Gasteiger partial charge in [-0.25, -0.2) is 15.0 Å². The average Bonchev–Trinajstić information content (AvgIpc) is 2.97. The molecule has 0 aliphatic carbocycles. The third-order valence-corrected chi connectivity index (χ3v) is 4.40. The number of hydrogen-bond acceptors (Lipinski definition) is 6. The molecule has 0 N–H and O–H groups in total. The van der Waals surface area contributed by atoms with Gasteiger partial charge in [0.05, 0.1) is 17.3 Å². The van der Waals surface area contributed by atoms with E-state index in [1.807, 2.05) is 24.7 Å². The zero-order chi connectivity index (χ0) is 16.5. The van der Waals surface area contributed by atoms with Crippen molar-refractivity contribution in [1.29, 1.82) is 0 Å². The van der Waals surface area contributed by atoms with Crippen LogP contribution in [0.3, 0.4) is 0 Å². The summed E-state index contributed by atoms with van der Waals surface area (Å²) < 4.78 is 8.00. The first-order valence-corrected chi connectivity index (χ1v) is 8.17. The van der Waals surface area contributed by atoms with E-state index in [0.717, 1.165) is 48.5 Å². The van der Waals surface area contributed by atoms with Crippen molar-refractivity contribution in [3.8, 4) is 5.88 Å². The lowest BCUT2D eigenvalue weighted by Crippen LogP contribution is -2.39. The van der Waals surface area contributed by atoms with Gasteiger partial charge in [-0.15, -0.1) is 0 Å². The van der Waals surface area contributed by atoms with E-state index in [1.165, 1.54) is 0 Å². The quantitative estimate of drug-likeness (QED) is 0.735. The van der Waals surface area contributed by atoms with E-state index in [2.05, 4.69) is 30.9 Å². The van der Waals surface area contributed by atoms with Crippen LogP contribution in [0.2, 0.25) is 0 Å². The predicted molar refractivity (Wildman–Crippen MR) is 91.1 cm³/mol. The van der Waals surface area contributed by atoms with Gasteiger partial charge < -0.3 is 14.2 Å². The van der Waals surface area contributed by atoms with Crippen LogP contribution in [0.1, 0.15) is 18.5 Å². The summed E-state index contributed by atoms with van der Waals surface area (Å²) in [5, 5.41) is 1.10. The molecule has 7 heteroatoms. The molecule has 3 aromatic heterocycles. The molecule has 0 atom stereocenters. The zero-order valence-corrected chi connectivity index (χ0v) is 13.9. The number of aryl methyl sites for hydroxylation is 2. The maximum atomic E-state index is 5.97. The van der Waals surface area contributed by atoms with E-state index in [4.69, 9.17) is 4.74 Å². The third-order valence-electron chi connectivity index (χ3n) is 4.40. The lowest BCUT2D eigenvalue weighted by atomic mass is 10.1. The number of rotatable bonds is 3. The van der Waals surface area contributed by atoms with E-state index in [-0.39, 0.29) is 6.10 Å². The minimum absolute atomic E-state index is 0.172. The highest BCUT2D eigenvalue weighted by Crippen LogP contribution is 2.27. The number of ether oxygens (including phenoxy) is 1. The molecule has 24 heavy (non-hydrogen) atoms. The maximum Gasteiger partial charge on any atom is 0.232 e. The zero-order valence-electron chi connectivity index (χ0n) is 13.9. The average molecular weight is 324 g/mol. The van der Waals surface area contributed by atoms with Crippen LogP contribution in [0, 0.1) is 6.92 Å². The Kier molecular flexibility index (Phi) is 3.76. The first-order valence-electron chi connectivity index (χ1n) is 8.17. The molecule has 0 radical (unpaired) electrons. The molecule has 3 aromatic rings. The van der Waals surface area contributed by atoms with Crippen LogP contribution in [0.5, 0.6) is 5.88 Å². The van der Waals surface area contributed by atoms with Crippen molar-refractivity contribution in [3.05, 3.63) is 36.7 Å². The van der Waals surface area contributed by atoms with Crippen molar-refractivity contribution >= 4 is 16.9 Å². The largest absolute Gasteiger partial charge is 0.473 e. The van der Waals surface area contributed by atoms with Crippen LogP contribution in [-0.2, 0) is 7.05 Å². The summed E-state index contributed by atoms with van der Waals surface area (Å²) in [7, 11) is 2.00. The van der Waals surface area contributed by atoms with Crippen LogP contribution >= 0.6 is 0 Å². The summed E-state index contributed by atoms with van der Waals surface area (Å²) in [6, 6.07) is 2.08. The fourth-order valence-electron chi connectivity index (χ4n) is 3.17. The molecule has 1 aliphatic heterocycles. The lowest BCUT2D eigenvalue weighted by Gasteiger charge is -2.32. The van der Waals surface area contributed by atoms with Gasteiger partial charge in [-0.3, -0.25) is 4.98 Å². The van der Waals surface area contributed by atoms with E-state index in [9.17, 15) is 0 Å².